The topological polar surface area (TPSA) is 136 Å². The zero-order valence-corrected chi connectivity index (χ0v) is 13.2. The van der Waals surface area contributed by atoms with Crippen LogP contribution in [0, 0.1) is 10.1 Å². The van der Waals surface area contributed by atoms with Crippen LogP contribution in [0.15, 0.2) is 48.5 Å². The van der Waals surface area contributed by atoms with Crippen molar-refractivity contribution in [2.45, 2.75) is 0 Å². The van der Waals surface area contributed by atoms with Crippen LogP contribution >= 0.6 is 0 Å². The van der Waals surface area contributed by atoms with Crippen molar-refractivity contribution in [2.75, 3.05) is 6.79 Å². The number of nitro groups is 1. The molecule has 9 heteroatoms. The summed E-state index contributed by atoms with van der Waals surface area (Å²) in [6.07, 6.45) is 2.23. The van der Waals surface area contributed by atoms with Crippen molar-refractivity contribution in [3.05, 3.63) is 69.8 Å². The molecule has 3 rings (SSSR count). The monoisotopic (exact) mass is 359 g/mol. The van der Waals surface area contributed by atoms with Crippen molar-refractivity contribution >= 4 is 23.7 Å². The maximum atomic E-state index is 10.5. The molecule has 0 radical (unpaired) electrons. The predicted molar refractivity (Wildman–Crippen MR) is 89.3 cm³/mol. The molecule has 134 valence electrons. The number of carbonyl (C=O) groups is 2. The number of rotatable bonds is 4. The Bertz CT molecular complexity index is 875. The molecule has 0 spiro atoms. The van der Waals surface area contributed by atoms with Gasteiger partial charge in [-0.3, -0.25) is 10.1 Å². The highest BCUT2D eigenvalue weighted by atomic mass is 16.7. The fourth-order valence-corrected chi connectivity index (χ4v) is 1.94. The maximum Gasteiger partial charge on any atom is 0.335 e. The van der Waals surface area contributed by atoms with E-state index in [2.05, 4.69) is 0 Å². The number of hydrogen-bond donors (Lipinski definition) is 2. The number of hydrogen-bond acceptors (Lipinski definition) is 6. The first-order valence-electron chi connectivity index (χ1n) is 7.15. The SMILES string of the molecule is O=C(O)/C=C/c1cccc([N+](=O)[O-])c1.O=C(O)c1ccc2c(c1)OCO2. The summed E-state index contributed by atoms with van der Waals surface area (Å²) in [5, 5.41) is 27.3. The average Bonchev–Trinajstić information content (AvgIpc) is 3.08. The van der Waals surface area contributed by atoms with E-state index in [-0.39, 0.29) is 18.0 Å². The molecule has 0 fully saturated rings. The summed E-state index contributed by atoms with van der Waals surface area (Å²) in [6.45, 7) is 0.165. The molecular weight excluding hydrogens is 346 g/mol. The van der Waals surface area contributed by atoms with E-state index in [1.165, 1.54) is 36.4 Å². The minimum absolute atomic E-state index is 0.0578. The van der Waals surface area contributed by atoms with E-state index in [9.17, 15) is 19.7 Å². The lowest BCUT2D eigenvalue weighted by Gasteiger charge is -1.96. The van der Waals surface area contributed by atoms with Gasteiger partial charge in [0, 0.05) is 18.2 Å². The number of aromatic carboxylic acids is 1. The lowest BCUT2D eigenvalue weighted by molar-refractivity contribution is -0.384. The summed E-state index contributed by atoms with van der Waals surface area (Å²) < 4.78 is 10.0. The molecular formula is C17H13NO8. The first-order chi connectivity index (χ1) is 12.4. The number of nitrogens with zero attached hydrogens (tertiary/aromatic N) is 1. The number of nitro benzene ring substituents is 1. The summed E-state index contributed by atoms with van der Waals surface area (Å²) in [6, 6.07) is 10.3. The second kappa shape index (κ2) is 8.29. The standard InChI is InChI=1S/C9H7NO4.C8H6O4/c11-9(12)5-4-7-2-1-3-8(6-7)10(13)14;9-8(10)5-1-2-6-7(3-5)12-4-11-6/h1-6H,(H,11,12);1-3H,4H2,(H,9,10)/b5-4+;. The smallest absolute Gasteiger partial charge is 0.335 e. The molecule has 2 N–H and O–H groups in total. The molecule has 26 heavy (non-hydrogen) atoms. The van der Waals surface area contributed by atoms with Gasteiger partial charge >= 0.3 is 11.9 Å². The Balaban J connectivity index is 0.000000189. The van der Waals surface area contributed by atoms with Crippen LogP contribution in [0.3, 0.4) is 0 Å². The van der Waals surface area contributed by atoms with Crippen LogP contribution in [0.4, 0.5) is 5.69 Å². The van der Waals surface area contributed by atoms with Gasteiger partial charge in [0.2, 0.25) is 6.79 Å². The van der Waals surface area contributed by atoms with Crippen LogP contribution < -0.4 is 9.47 Å². The number of non-ortho nitro benzene ring substituents is 1. The van der Waals surface area contributed by atoms with Crippen molar-refractivity contribution in [1.82, 2.24) is 0 Å². The van der Waals surface area contributed by atoms with Gasteiger partial charge in [-0.15, -0.1) is 0 Å². The molecule has 1 heterocycles. The highest BCUT2D eigenvalue weighted by Gasteiger charge is 2.15. The van der Waals surface area contributed by atoms with Crippen LogP contribution in [0.1, 0.15) is 15.9 Å². The van der Waals surface area contributed by atoms with Gasteiger partial charge in [0.1, 0.15) is 0 Å². The van der Waals surface area contributed by atoms with Crippen molar-refractivity contribution in [3.63, 3.8) is 0 Å². The molecule has 0 aromatic heterocycles. The molecule has 0 unspecified atom stereocenters. The van der Waals surface area contributed by atoms with Gasteiger partial charge in [0.25, 0.3) is 5.69 Å². The average molecular weight is 359 g/mol. The fourth-order valence-electron chi connectivity index (χ4n) is 1.94. The Hall–Kier alpha value is -3.88. The van der Waals surface area contributed by atoms with Gasteiger partial charge in [-0.25, -0.2) is 9.59 Å². The molecule has 0 atom stereocenters. The van der Waals surface area contributed by atoms with Crippen molar-refractivity contribution in [1.29, 1.82) is 0 Å². The van der Waals surface area contributed by atoms with E-state index >= 15 is 0 Å². The highest BCUT2D eigenvalue weighted by molar-refractivity contribution is 5.88. The molecule has 0 saturated heterocycles. The van der Waals surface area contributed by atoms with E-state index in [1.54, 1.807) is 12.1 Å². The molecule has 1 aliphatic heterocycles. The number of benzene rings is 2. The quantitative estimate of drug-likeness (QED) is 0.483. The zero-order valence-electron chi connectivity index (χ0n) is 13.2. The van der Waals surface area contributed by atoms with Crippen molar-refractivity contribution < 1.29 is 34.2 Å². The first kappa shape index (κ1) is 18.5. The second-order valence-corrected chi connectivity index (χ2v) is 4.90. The number of ether oxygens (including phenoxy) is 2. The Morgan fingerprint density at radius 3 is 2.46 bits per heavy atom. The minimum atomic E-state index is -1.09. The van der Waals surface area contributed by atoms with Gasteiger partial charge in [0.05, 0.1) is 10.5 Å². The maximum absolute atomic E-state index is 10.5. The minimum Gasteiger partial charge on any atom is -0.478 e. The Morgan fingerprint density at radius 1 is 1.08 bits per heavy atom. The van der Waals surface area contributed by atoms with Crippen LogP contribution in [0.2, 0.25) is 0 Å². The van der Waals surface area contributed by atoms with Gasteiger partial charge in [-0.05, 0) is 29.8 Å². The highest BCUT2D eigenvalue weighted by Crippen LogP contribution is 2.32. The number of fused-ring (bicyclic) bond motifs is 1. The van der Waals surface area contributed by atoms with E-state index in [0.29, 0.717) is 17.1 Å². The third kappa shape index (κ3) is 5.06. The molecule has 0 aliphatic carbocycles. The summed E-state index contributed by atoms with van der Waals surface area (Å²) in [5.41, 5.74) is 0.637. The normalized spacial score (nSPS) is 11.5. The third-order valence-corrected chi connectivity index (χ3v) is 3.12. The summed E-state index contributed by atoms with van der Waals surface area (Å²) >= 11 is 0. The van der Waals surface area contributed by atoms with E-state index in [0.717, 1.165) is 6.08 Å². The van der Waals surface area contributed by atoms with Crippen LogP contribution in [-0.4, -0.2) is 33.9 Å². The number of carboxylic acid groups (broad SMARTS) is 2. The molecule has 2 aromatic carbocycles. The molecule has 0 amide bonds. The van der Waals surface area contributed by atoms with Gasteiger partial charge in [-0.1, -0.05) is 12.1 Å². The zero-order chi connectivity index (χ0) is 19.1. The molecule has 1 aliphatic rings. The van der Waals surface area contributed by atoms with Crippen LogP contribution in [0.25, 0.3) is 6.08 Å². The first-order valence-corrected chi connectivity index (χ1v) is 7.15. The lowest BCUT2D eigenvalue weighted by Crippen LogP contribution is -1.95. The summed E-state index contributed by atoms with van der Waals surface area (Å²) in [5.74, 6) is -0.959. The number of carboxylic acids is 2. The fraction of sp³-hybridized carbons (Fsp3) is 0.0588. The van der Waals surface area contributed by atoms with Gasteiger partial charge in [0.15, 0.2) is 11.5 Å². The van der Waals surface area contributed by atoms with Crippen molar-refractivity contribution in [3.8, 4) is 11.5 Å². The Kier molecular flexibility index (Phi) is 5.88. The number of aliphatic carboxylic acids is 1. The van der Waals surface area contributed by atoms with E-state index in [4.69, 9.17) is 19.7 Å². The molecule has 2 aromatic rings. The van der Waals surface area contributed by atoms with E-state index < -0.39 is 16.9 Å². The van der Waals surface area contributed by atoms with Crippen LogP contribution in [0.5, 0.6) is 11.5 Å². The largest absolute Gasteiger partial charge is 0.478 e. The molecule has 9 nitrogen and oxygen atoms in total. The summed E-state index contributed by atoms with van der Waals surface area (Å²) in [4.78, 5) is 30.5. The predicted octanol–water partition coefficient (Wildman–Crippen LogP) is 2.81. The van der Waals surface area contributed by atoms with Gasteiger partial charge < -0.3 is 19.7 Å². The van der Waals surface area contributed by atoms with E-state index in [1.807, 2.05) is 0 Å². The van der Waals surface area contributed by atoms with Crippen LogP contribution in [-0.2, 0) is 4.79 Å². The van der Waals surface area contributed by atoms with Gasteiger partial charge in [-0.2, -0.15) is 0 Å². The van der Waals surface area contributed by atoms with Crippen molar-refractivity contribution in [2.24, 2.45) is 0 Å². The summed E-state index contributed by atoms with van der Waals surface area (Å²) in [7, 11) is 0. The Morgan fingerprint density at radius 2 is 1.81 bits per heavy atom. The lowest BCUT2D eigenvalue weighted by atomic mass is 10.2. The molecule has 0 saturated carbocycles. The third-order valence-electron chi connectivity index (χ3n) is 3.12. The molecule has 0 bridgehead atoms. The second-order valence-electron chi connectivity index (χ2n) is 4.90. The Labute approximate surface area is 146 Å².